The average Bonchev–Trinajstić information content (AvgIpc) is 2.14. The lowest BCUT2D eigenvalue weighted by molar-refractivity contribution is -0.142. The van der Waals surface area contributed by atoms with E-state index < -0.39 is 12.0 Å². The second-order valence-electron chi connectivity index (χ2n) is 4.78. The first-order valence-corrected chi connectivity index (χ1v) is 5.32. The highest BCUT2D eigenvalue weighted by atomic mass is 16.4. The van der Waals surface area contributed by atoms with E-state index in [2.05, 4.69) is 5.32 Å². The van der Waals surface area contributed by atoms with Crippen LogP contribution in [-0.2, 0) is 4.79 Å². The Morgan fingerprint density at radius 3 is 2.50 bits per heavy atom. The van der Waals surface area contributed by atoms with Crippen LogP contribution < -0.4 is 11.1 Å². The maximum atomic E-state index is 10.7. The van der Waals surface area contributed by atoms with E-state index in [1.54, 1.807) is 0 Å². The van der Waals surface area contributed by atoms with Crippen LogP contribution in [-0.4, -0.2) is 30.2 Å². The van der Waals surface area contributed by atoms with Crippen molar-refractivity contribution in [1.29, 1.82) is 0 Å². The Kier molecular flexibility index (Phi) is 2.49. The third-order valence-electron chi connectivity index (χ3n) is 3.85. The average molecular weight is 198 g/mol. The first kappa shape index (κ1) is 9.93. The zero-order valence-electron chi connectivity index (χ0n) is 8.33. The van der Waals surface area contributed by atoms with Gasteiger partial charge in [-0.3, -0.25) is 4.79 Å². The highest BCUT2D eigenvalue weighted by molar-refractivity contribution is 5.73. The van der Waals surface area contributed by atoms with E-state index in [-0.39, 0.29) is 5.92 Å². The molecule has 0 amide bonds. The Labute approximate surface area is 83.9 Å². The van der Waals surface area contributed by atoms with Crippen LogP contribution in [0, 0.1) is 11.3 Å². The number of hydrogen-bond donors (Lipinski definition) is 3. The molecule has 1 unspecified atom stereocenters. The van der Waals surface area contributed by atoms with Gasteiger partial charge in [0.15, 0.2) is 0 Å². The molecule has 2 rings (SSSR count). The number of hydrogen-bond acceptors (Lipinski definition) is 3. The highest BCUT2D eigenvalue weighted by Gasteiger charge is 2.47. The van der Waals surface area contributed by atoms with Crippen LogP contribution in [0.5, 0.6) is 0 Å². The standard InChI is InChI=1S/C10H18N2O2/c11-8(9(13)14)7-5-10(6-7)1-3-12-4-2-10/h7-8,12H,1-6,11H2,(H,13,14). The van der Waals surface area contributed by atoms with E-state index >= 15 is 0 Å². The number of carboxylic acids is 1. The van der Waals surface area contributed by atoms with Gasteiger partial charge in [-0.15, -0.1) is 0 Å². The summed E-state index contributed by atoms with van der Waals surface area (Å²) in [6, 6.07) is -0.643. The van der Waals surface area contributed by atoms with Gasteiger partial charge in [0.2, 0.25) is 0 Å². The van der Waals surface area contributed by atoms with Crippen LogP contribution in [0.15, 0.2) is 0 Å². The third kappa shape index (κ3) is 1.64. The van der Waals surface area contributed by atoms with Crippen LogP contribution in [0.2, 0.25) is 0 Å². The molecule has 1 spiro atoms. The lowest BCUT2D eigenvalue weighted by atomic mass is 9.56. The monoisotopic (exact) mass is 198 g/mol. The van der Waals surface area contributed by atoms with Gasteiger partial charge in [0.25, 0.3) is 0 Å². The molecule has 2 fully saturated rings. The summed E-state index contributed by atoms with van der Waals surface area (Å²) in [6.45, 7) is 2.16. The minimum Gasteiger partial charge on any atom is -0.480 e. The van der Waals surface area contributed by atoms with E-state index in [0.29, 0.717) is 5.41 Å². The first-order valence-electron chi connectivity index (χ1n) is 5.32. The SMILES string of the molecule is NC(C(=O)O)C1CC2(CCNCC2)C1. The van der Waals surface area contributed by atoms with E-state index in [1.807, 2.05) is 0 Å². The van der Waals surface area contributed by atoms with Gasteiger partial charge in [0.1, 0.15) is 6.04 Å². The Hall–Kier alpha value is -0.610. The predicted octanol–water partition coefficient (Wildman–Crippen LogP) is 0.178. The molecule has 4 nitrogen and oxygen atoms in total. The van der Waals surface area contributed by atoms with Gasteiger partial charge in [0.05, 0.1) is 0 Å². The molecule has 14 heavy (non-hydrogen) atoms. The van der Waals surface area contributed by atoms with Crippen LogP contribution in [0.4, 0.5) is 0 Å². The van der Waals surface area contributed by atoms with Gasteiger partial charge in [-0.05, 0) is 50.1 Å². The summed E-state index contributed by atoms with van der Waals surface area (Å²) < 4.78 is 0. The maximum absolute atomic E-state index is 10.7. The minimum atomic E-state index is -0.848. The number of nitrogens with one attached hydrogen (secondary N) is 1. The lowest BCUT2D eigenvalue weighted by Crippen LogP contribution is -2.52. The number of rotatable bonds is 2. The normalized spacial score (nSPS) is 28.4. The van der Waals surface area contributed by atoms with Crippen molar-refractivity contribution in [2.75, 3.05) is 13.1 Å². The fourth-order valence-electron chi connectivity index (χ4n) is 2.87. The van der Waals surface area contributed by atoms with Crippen LogP contribution in [0.25, 0.3) is 0 Å². The molecule has 0 aromatic rings. The molecule has 1 aliphatic heterocycles. The van der Waals surface area contributed by atoms with Gasteiger partial charge in [-0.1, -0.05) is 0 Å². The first-order chi connectivity index (χ1) is 6.63. The molecule has 1 aliphatic carbocycles. The van der Waals surface area contributed by atoms with Crippen molar-refractivity contribution in [3.8, 4) is 0 Å². The third-order valence-corrected chi connectivity index (χ3v) is 3.85. The number of carbonyl (C=O) groups is 1. The Morgan fingerprint density at radius 2 is 2.00 bits per heavy atom. The fraction of sp³-hybridized carbons (Fsp3) is 0.900. The van der Waals surface area contributed by atoms with Crippen molar-refractivity contribution in [1.82, 2.24) is 5.32 Å². The van der Waals surface area contributed by atoms with Gasteiger partial charge in [0, 0.05) is 0 Å². The van der Waals surface area contributed by atoms with Gasteiger partial charge in [-0.25, -0.2) is 0 Å². The summed E-state index contributed by atoms with van der Waals surface area (Å²) in [4.78, 5) is 10.7. The quantitative estimate of drug-likeness (QED) is 0.591. The number of carboxylic acid groups (broad SMARTS) is 1. The molecular weight excluding hydrogens is 180 g/mol. The molecule has 0 aromatic carbocycles. The molecule has 1 saturated heterocycles. The molecule has 0 aromatic heterocycles. The molecule has 0 radical (unpaired) electrons. The van der Waals surface area contributed by atoms with Crippen molar-refractivity contribution in [3.05, 3.63) is 0 Å². The maximum Gasteiger partial charge on any atom is 0.320 e. The molecule has 80 valence electrons. The number of nitrogens with two attached hydrogens (primary N) is 1. The van der Waals surface area contributed by atoms with Gasteiger partial charge >= 0.3 is 5.97 Å². The molecule has 2 aliphatic rings. The predicted molar refractivity (Wildman–Crippen MR) is 52.9 cm³/mol. The molecule has 0 bridgehead atoms. The number of aliphatic carboxylic acids is 1. The van der Waals surface area contributed by atoms with Crippen molar-refractivity contribution >= 4 is 5.97 Å². The Morgan fingerprint density at radius 1 is 1.43 bits per heavy atom. The summed E-state index contributed by atoms with van der Waals surface area (Å²) in [5, 5.41) is 12.1. The van der Waals surface area contributed by atoms with Crippen molar-refractivity contribution in [2.24, 2.45) is 17.1 Å². The molecule has 4 N–H and O–H groups in total. The summed E-state index contributed by atoms with van der Waals surface area (Å²) in [6.07, 6.45) is 4.41. The lowest BCUT2D eigenvalue weighted by Gasteiger charge is -2.51. The minimum absolute atomic E-state index is 0.214. The molecule has 1 atom stereocenters. The van der Waals surface area contributed by atoms with Crippen LogP contribution >= 0.6 is 0 Å². The molecular formula is C10H18N2O2. The largest absolute Gasteiger partial charge is 0.480 e. The van der Waals surface area contributed by atoms with Gasteiger partial charge < -0.3 is 16.2 Å². The summed E-state index contributed by atoms with van der Waals surface area (Å²) in [5.74, 6) is -0.635. The topological polar surface area (TPSA) is 75.4 Å². The van der Waals surface area contributed by atoms with E-state index in [9.17, 15) is 4.79 Å². The molecule has 1 heterocycles. The van der Waals surface area contributed by atoms with Crippen molar-refractivity contribution in [3.63, 3.8) is 0 Å². The van der Waals surface area contributed by atoms with E-state index in [4.69, 9.17) is 10.8 Å². The zero-order chi connectivity index (χ0) is 10.2. The van der Waals surface area contributed by atoms with E-state index in [0.717, 1.165) is 25.9 Å². The molecule has 4 heteroatoms. The van der Waals surface area contributed by atoms with E-state index in [1.165, 1.54) is 12.8 Å². The second-order valence-corrected chi connectivity index (χ2v) is 4.78. The van der Waals surface area contributed by atoms with Crippen LogP contribution in [0.1, 0.15) is 25.7 Å². The highest BCUT2D eigenvalue weighted by Crippen LogP contribution is 2.52. The Bertz CT molecular complexity index is 228. The number of piperidine rings is 1. The second kappa shape index (κ2) is 3.51. The van der Waals surface area contributed by atoms with Crippen molar-refractivity contribution < 1.29 is 9.90 Å². The summed E-state index contributed by atoms with van der Waals surface area (Å²) >= 11 is 0. The summed E-state index contributed by atoms with van der Waals surface area (Å²) in [7, 11) is 0. The summed E-state index contributed by atoms with van der Waals surface area (Å²) in [5.41, 5.74) is 6.03. The smallest absolute Gasteiger partial charge is 0.320 e. The zero-order valence-corrected chi connectivity index (χ0v) is 8.33. The van der Waals surface area contributed by atoms with Gasteiger partial charge in [-0.2, -0.15) is 0 Å². The molecule has 1 saturated carbocycles. The van der Waals surface area contributed by atoms with Crippen LogP contribution in [0.3, 0.4) is 0 Å². The Balaban J connectivity index is 1.85. The fourth-order valence-corrected chi connectivity index (χ4v) is 2.87. The van der Waals surface area contributed by atoms with Crippen molar-refractivity contribution in [2.45, 2.75) is 31.7 Å².